The highest BCUT2D eigenvalue weighted by atomic mass is 16.2. The Labute approximate surface area is 152 Å². The molecule has 3 aromatic rings. The molecule has 130 valence electrons. The fourth-order valence-electron chi connectivity index (χ4n) is 3.03. The maximum atomic E-state index is 12.4. The highest BCUT2D eigenvalue weighted by Crippen LogP contribution is 2.21. The molecule has 0 heterocycles. The van der Waals surface area contributed by atoms with E-state index in [1.54, 1.807) is 24.3 Å². The summed E-state index contributed by atoms with van der Waals surface area (Å²) in [6.45, 7) is 0. The van der Waals surface area contributed by atoms with Gasteiger partial charge in [0.25, 0.3) is 5.91 Å². The zero-order valence-corrected chi connectivity index (χ0v) is 14.4. The summed E-state index contributed by atoms with van der Waals surface area (Å²) in [7, 11) is 0. The maximum Gasteiger partial charge on any atom is 0.251 e. The molecule has 4 rings (SSSR count). The van der Waals surface area contributed by atoms with E-state index in [2.05, 4.69) is 10.6 Å². The Morgan fingerprint density at radius 1 is 0.885 bits per heavy atom. The Kier molecular flexibility index (Phi) is 4.40. The summed E-state index contributed by atoms with van der Waals surface area (Å²) >= 11 is 0. The van der Waals surface area contributed by atoms with Gasteiger partial charge in [0.2, 0.25) is 5.91 Å². The number of nitrogens with one attached hydrogen (secondary N) is 2. The van der Waals surface area contributed by atoms with Gasteiger partial charge in [0.1, 0.15) is 0 Å². The van der Waals surface area contributed by atoms with Crippen LogP contribution in [-0.4, -0.2) is 17.9 Å². The summed E-state index contributed by atoms with van der Waals surface area (Å²) in [5.74, 6) is -0.127. The molecule has 0 radical (unpaired) electrons. The van der Waals surface area contributed by atoms with Gasteiger partial charge in [-0.25, -0.2) is 0 Å². The highest BCUT2D eigenvalue weighted by molar-refractivity contribution is 5.98. The first-order chi connectivity index (χ1) is 12.7. The summed E-state index contributed by atoms with van der Waals surface area (Å²) in [4.78, 5) is 24.4. The molecule has 2 amide bonds. The molecule has 0 aromatic heterocycles. The quantitative estimate of drug-likeness (QED) is 0.737. The number of fused-ring (bicyclic) bond motifs is 1. The molecule has 0 saturated heterocycles. The zero-order valence-electron chi connectivity index (χ0n) is 14.4. The molecule has 0 atom stereocenters. The molecule has 0 bridgehead atoms. The number of amides is 2. The highest BCUT2D eigenvalue weighted by Gasteiger charge is 2.23. The minimum atomic E-state index is -0.0727. The van der Waals surface area contributed by atoms with E-state index in [0.717, 1.165) is 29.2 Å². The minimum Gasteiger partial charge on any atom is -0.349 e. The van der Waals surface area contributed by atoms with Crippen molar-refractivity contribution in [2.45, 2.75) is 25.3 Å². The summed E-state index contributed by atoms with van der Waals surface area (Å²) in [5.41, 5.74) is 2.31. The normalized spacial score (nSPS) is 13.4. The molecule has 3 aromatic carbocycles. The molecule has 26 heavy (non-hydrogen) atoms. The van der Waals surface area contributed by atoms with E-state index in [1.165, 1.54) is 0 Å². The van der Waals surface area contributed by atoms with Gasteiger partial charge in [0.15, 0.2) is 0 Å². The minimum absolute atomic E-state index is 0.0545. The van der Waals surface area contributed by atoms with Crippen LogP contribution in [0.1, 0.15) is 28.8 Å². The molecule has 1 aliphatic rings. The van der Waals surface area contributed by atoms with E-state index in [4.69, 9.17) is 0 Å². The van der Waals surface area contributed by atoms with Crippen LogP contribution in [0.4, 0.5) is 5.69 Å². The summed E-state index contributed by atoms with van der Waals surface area (Å²) in [6.07, 6.45) is 2.44. The number of hydrogen-bond acceptors (Lipinski definition) is 2. The van der Waals surface area contributed by atoms with E-state index in [-0.39, 0.29) is 11.8 Å². The molecule has 2 N–H and O–H groups in total. The number of hydrogen-bond donors (Lipinski definition) is 2. The molecule has 0 aliphatic heterocycles. The van der Waals surface area contributed by atoms with E-state index in [0.29, 0.717) is 23.7 Å². The average Bonchev–Trinajstić information content (AvgIpc) is 3.46. The lowest BCUT2D eigenvalue weighted by molar-refractivity contribution is -0.115. The fourth-order valence-corrected chi connectivity index (χ4v) is 3.03. The van der Waals surface area contributed by atoms with Gasteiger partial charge in [-0.2, -0.15) is 0 Å². The number of anilines is 1. The van der Waals surface area contributed by atoms with E-state index >= 15 is 0 Å². The number of carbonyl (C=O) groups is 2. The first-order valence-electron chi connectivity index (χ1n) is 8.86. The molecule has 0 unspecified atom stereocenters. The van der Waals surface area contributed by atoms with Gasteiger partial charge in [-0.05, 0) is 53.4 Å². The third kappa shape index (κ3) is 3.75. The van der Waals surface area contributed by atoms with Gasteiger partial charge in [-0.1, -0.05) is 42.5 Å². The zero-order chi connectivity index (χ0) is 17.9. The Bertz CT molecular complexity index is 954. The predicted molar refractivity (Wildman–Crippen MR) is 103 cm³/mol. The monoisotopic (exact) mass is 344 g/mol. The first-order valence-corrected chi connectivity index (χ1v) is 8.86. The van der Waals surface area contributed by atoms with Crippen LogP contribution < -0.4 is 10.6 Å². The second kappa shape index (κ2) is 7.00. The largest absolute Gasteiger partial charge is 0.349 e. The Balaban J connectivity index is 1.42. The van der Waals surface area contributed by atoms with Gasteiger partial charge in [-0.15, -0.1) is 0 Å². The molecule has 1 saturated carbocycles. The van der Waals surface area contributed by atoms with Crippen LogP contribution in [0.2, 0.25) is 0 Å². The average molecular weight is 344 g/mol. The maximum absolute atomic E-state index is 12.4. The second-order valence-electron chi connectivity index (χ2n) is 6.69. The molecule has 4 nitrogen and oxygen atoms in total. The van der Waals surface area contributed by atoms with Crippen LogP contribution in [0.15, 0.2) is 66.7 Å². The Morgan fingerprint density at radius 2 is 1.62 bits per heavy atom. The molecular weight excluding hydrogens is 324 g/mol. The summed E-state index contributed by atoms with van der Waals surface area (Å²) < 4.78 is 0. The van der Waals surface area contributed by atoms with Crippen LogP contribution in [0.3, 0.4) is 0 Å². The third-order valence-corrected chi connectivity index (χ3v) is 4.57. The Hall–Kier alpha value is -3.14. The van der Waals surface area contributed by atoms with Gasteiger partial charge >= 0.3 is 0 Å². The van der Waals surface area contributed by atoms with Gasteiger partial charge in [0.05, 0.1) is 6.42 Å². The second-order valence-corrected chi connectivity index (χ2v) is 6.69. The van der Waals surface area contributed by atoms with E-state index in [1.807, 2.05) is 42.5 Å². The van der Waals surface area contributed by atoms with Gasteiger partial charge in [0, 0.05) is 17.3 Å². The van der Waals surface area contributed by atoms with E-state index < -0.39 is 0 Å². The van der Waals surface area contributed by atoms with Crippen molar-refractivity contribution < 1.29 is 9.59 Å². The van der Waals surface area contributed by atoms with Crippen molar-refractivity contribution in [3.05, 3.63) is 77.9 Å². The molecule has 1 fully saturated rings. The molecule has 0 spiro atoms. The predicted octanol–water partition coefficient (Wildman–Crippen LogP) is 3.91. The lowest BCUT2D eigenvalue weighted by atomic mass is 10.0. The summed E-state index contributed by atoms with van der Waals surface area (Å²) in [6, 6.07) is 21.4. The first kappa shape index (κ1) is 16.3. The topological polar surface area (TPSA) is 58.2 Å². The molecule has 1 aliphatic carbocycles. The van der Waals surface area contributed by atoms with Crippen molar-refractivity contribution in [2.24, 2.45) is 0 Å². The van der Waals surface area contributed by atoms with Crippen LogP contribution in [0.5, 0.6) is 0 Å². The third-order valence-electron chi connectivity index (χ3n) is 4.57. The molecular formula is C22H20N2O2. The molecule has 4 heteroatoms. The fraction of sp³-hybridized carbons (Fsp3) is 0.182. The van der Waals surface area contributed by atoms with Crippen molar-refractivity contribution in [3.8, 4) is 0 Å². The smallest absolute Gasteiger partial charge is 0.251 e. The number of benzene rings is 3. The van der Waals surface area contributed by atoms with Crippen molar-refractivity contribution >= 4 is 28.3 Å². The van der Waals surface area contributed by atoms with Crippen LogP contribution in [0, 0.1) is 0 Å². The van der Waals surface area contributed by atoms with Crippen molar-refractivity contribution in [3.63, 3.8) is 0 Å². The van der Waals surface area contributed by atoms with Gasteiger partial charge in [-0.3, -0.25) is 9.59 Å². The standard InChI is InChI=1S/C22H20N2O2/c25-21(14-17-6-3-5-15-4-1-2-7-20(15)17)23-18-10-8-16(9-11-18)22(26)24-19-12-13-19/h1-11,19H,12-14H2,(H,23,25)(H,24,26). The number of rotatable bonds is 5. The lowest BCUT2D eigenvalue weighted by Crippen LogP contribution is -2.25. The lowest BCUT2D eigenvalue weighted by Gasteiger charge is -2.09. The van der Waals surface area contributed by atoms with Crippen molar-refractivity contribution in [1.82, 2.24) is 5.32 Å². The van der Waals surface area contributed by atoms with Crippen molar-refractivity contribution in [1.29, 1.82) is 0 Å². The van der Waals surface area contributed by atoms with E-state index in [9.17, 15) is 9.59 Å². The summed E-state index contributed by atoms with van der Waals surface area (Å²) in [5, 5.41) is 8.08. The van der Waals surface area contributed by atoms with Gasteiger partial charge < -0.3 is 10.6 Å². The SMILES string of the molecule is O=C(Cc1cccc2ccccc12)Nc1ccc(C(=O)NC2CC2)cc1. The van der Waals surface area contributed by atoms with Crippen LogP contribution in [0.25, 0.3) is 10.8 Å². The van der Waals surface area contributed by atoms with Crippen molar-refractivity contribution in [2.75, 3.05) is 5.32 Å². The Morgan fingerprint density at radius 3 is 2.38 bits per heavy atom. The van der Waals surface area contributed by atoms with Crippen LogP contribution >= 0.6 is 0 Å². The number of carbonyl (C=O) groups excluding carboxylic acids is 2. The van der Waals surface area contributed by atoms with Crippen LogP contribution in [-0.2, 0) is 11.2 Å².